The summed E-state index contributed by atoms with van der Waals surface area (Å²) in [6, 6.07) is 5.75. The fraction of sp³-hybridized carbons (Fsp3) is 0.533. The van der Waals surface area contributed by atoms with Crippen molar-refractivity contribution in [2.75, 3.05) is 19.6 Å². The van der Waals surface area contributed by atoms with Crippen LogP contribution in [0.2, 0.25) is 5.02 Å². The number of halogens is 1. The molecule has 0 saturated heterocycles. The Morgan fingerprint density at radius 3 is 2.65 bits per heavy atom. The SMILES string of the molecule is CCN(CC)CCn1c(C(C)N)nc2cc(Cl)ccc21. The number of imidazole rings is 1. The molecule has 0 fully saturated rings. The van der Waals surface area contributed by atoms with Crippen molar-refractivity contribution < 1.29 is 0 Å². The third-order valence-corrected chi connectivity index (χ3v) is 3.92. The zero-order chi connectivity index (χ0) is 14.7. The fourth-order valence-corrected chi connectivity index (χ4v) is 2.65. The van der Waals surface area contributed by atoms with E-state index in [1.165, 1.54) is 0 Å². The Morgan fingerprint density at radius 2 is 2.05 bits per heavy atom. The fourth-order valence-electron chi connectivity index (χ4n) is 2.49. The Labute approximate surface area is 125 Å². The number of hydrogen-bond donors (Lipinski definition) is 1. The number of aromatic nitrogens is 2. The first-order chi connectivity index (χ1) is 9.56. The van der Waals surface area contributed by atoms with Crippen LogP contribution < -0.4 is 5.73 Å². The Balaban J connectivity index is 2.36. The predicted molar refractivity (Wildman–Crippen MR) is 85.1 cm³/mol. The van der Waals surface area contributed by atoms with Crippen molar-refractivity contribution in [3.8, 4) is 0 Å². The summed E-state index contributed by atoms with van der Waals surface area (Å²) in [7, 11) is 0. The van der Waals surface area contributed by atoms with E-state index in [2.05, 4.69) is 28.3 Å². The summed E-state index contributed by atoms with van der Waals surface area (Å²) < 4.78 is 2.22. The van der Waals surface area contributed by atoms with E-state index in [0.717, 1.165) is 43.0 Å². The van der Waals surface area contributed by atoms with Gasteiger partial charge in [0.25, 0.3) is 0 Å². The molecule has 2 N–H and O–H groups in total. The second-order valence-corrected chi connectivity index (χ2v) is 5.51. The van der Waals surface area contributed by atoms with Crippen molar-refractivity contribution in [1.82, 2.24) is 14.5 Å². The summed E-state index contributed by atoms with van der Waals surface area (Å²) in [6.45, 7) is 10.3. The summed E-state index contributed by atoms with van der Waals surface area (Å²) >= 11 is 6.04. The molecule has 0 aliphatic carbocycles. The molecule has 0 amide bonds. The minimum absolute atomic E-state index is 0.0853. The van der Waals surface area contributed by atoms with Gasteiger partial charge in [-0.05, 0) is 38.2 Å². The monoisotopic (exact) mass is 294 g/mol. The number of nitrogens with two attached hydrogens (primary N) is 1. The molecular formula is C15H23ClN4. The maximum Gasteiger partial charge on any atom is 0.126 e. The quantitative estimate of drug-likeness (QED) is 0.891. The summed E-state index contributed by atoms with van der Waals surface area (Å²) in [5.74, 6) is 0.925. The summed E-state index contributed by atoms with van der Waals surface area (Å²) in [5, 5.41) is 0.710. The van der Waals surface area contributed by atoms with E-state index in [1.54, 1.807) is 0 Å². The molecule has 2 rings (SSSR count). The summed E-state index contributed by atoms with van der Waals surface area (Å²) in [6.07, 6.45) is 0. The van der Waals surface area contributed by atoms with E-state index in [9.17, 15) is 0 Å². The average Bonchev–Trinajstić information content (AvgIpc) is 2.78. The second-order valence-electron chi connectivity index (χ2n) is 5.07. The molecule has 110 valence electrons. The Hall–Kier alpha value is -1.10. The highest BCUT2D eigenvalue weighted by molar-refractivity contribution is 6.31. The van der Waals surface area contributed by atoms with Crippen LogP contribution in [0.15, 0.2) is 18.2 Å². The molecule has 0 spiro atoms. The van der Waals surface area contributed by atoms with Crippen molar-refractivity contribution in [3.63, 3.8) is 0 Å². The van der Waals surface area contributed by atoms with E-state index in [0.29, 0.717) is 5.02 Å². The van der Waals surface area contributed by atoms with Crippen molar-refractivity contribution in [1.29, 1.82) is 0 Å². The lowest BCUT2D eigenvalue weighted by atomic mass is 10.3. The molecule has 20 heavy (non-hydrogen) atoms. The van der Waals surface area contributed by atoms with Gasteiger partial charge in [0.05, 0.1) is 17.1 Å². The zero-order valence-corrected chi connectivity index (χ0v) is 13.2. The van der Waals surface area contributed by atoms with Gasteiger partial charge in [-0.3, -0.25) is 0 Å². The summed E-state index contributed by atoms with van der Waals surface area (Å²) in [4.78, 5) is 7.03. The largest absolute Gasteiger partial charge is 0.325 e. The third kappa shape index (κ3) is 3.14. The van der Waals surface area contributed by atoms with Crippen molar-refractivity contribution >= 4 is 22.6 Å². The molecule has 1 atom stereocenters. The first kappa shape index (κ1) is 15.3. The second kappa shape index (κ2) is 6.57. The number of nitrogens with zero attached hydrogens (tertiary/aromatic N) is 3. The Morgan fingerprint density at radius 1 is 1.35 bits per heavy atom. The number of likely N-dealkylation sites (N-methyl/N-ethyl adjacent to an activating group) is 1. The predicted octanol–water partition coefficient (Wildman–Crippen LogP) is 3.05. The van der Waals surface area contributed by atoms with Gasteiger partial charge in [-0.1, -0.05) is 25.4 Å². The van der Waals surface area contributed by atoms with Gasteiger partial charge in [0.2, 0.25) is 0 Å². The molecule has 1 heterocycles. The van der Waals surface area contributed by atoms with Gasteiger partial charge in [-0.25, -0.2) is 4.98 Å². The maximum absolute atomic E-state index is 6.06. The van der Waals surface area contributed by atoms with E-state index in [-0.39, 0.29) is 6.04 Å². The van der Waals surface area contributed by atoms with E-state index in [1.807, 2.05) is 25.1 Å². The van der Waals surface area contributed by atoms with Crippen LogP contribution in [-0.2, 0) is 6.54 Å². The van der Waals surface area contributed by atoms with Gasteiger partial charge < -0.3 is 15.2 Å². The number of hydrogen-bond acceptors (Lipinski definition) is 3. The van der Waals surface area contributed by atoms with Crippen LogP contribution in [0.5, 0.6) is 0 Å². The number of rotatable bonds is 6. The molecule has 0 aliphatic heterocycles. The lowest BCUT2D eigenvalue weighted by Crippen LogP contribution is -2.28. The van der Waals surface area contributed by atoms with Gasteiger partial charge in [-0.2, -0.15) is 0 Å². The van der Waals surface area contributed by atoms with Gasteiger partial charge in [0.1, 0.15) is 5.82 Å². The van der Waals surface area contributed by atoms with Crippen molar-refractivity contribution in [2.45, 2.75) is 33.4 Å². The minimum atomic E-state index is -0.0853. The zero-order valence-electron chi connectivity index (χ0n) is 12.4. The molecular weight excluding hydrogens is 272 g/mol. The molecule has 0 radical (unpaired) electrons. The molecule has 1 aromatic carbocycles. The standard InChI is InChI=1S/C15H23ClN4/c1-4-19(5-2)8-9-20-14-7-6-12(16)10-13(14)18-15(20)11(3)17/h6-7,10-11H,4-5,8-9,17H2,1-3H3. The molecule has 1 unspecified atom stereocenters. The smallest absolute Gasteiger partial charge is 0.126 e. The number of fused-ring (bicyclic) bond motifs is 1. The Kier molecular flexibility index (Phi) is 5.02. The van der Waals surface area contributed by atoms with Gasteiger partial charge in [0, 0.05) is 18.1 Å². The van der Waals surface area contributed by atoms with Crippen molar-refractivity contribution in [2.24, 2.45) is 5.73 Å². The maximum atomic E-state index is 6.06. The van der Waals surface area contributed by atoms with Crippen LogP contribution in [0.3, 0.4) is 0 Å². The molecule has 0 bridgehead atoms. The van der Waals surface area contributed by atoms with Gasteiger partial charge >= 0.3 is 0 Å². The normalized spacial score (nSPS) is 13.3. The highest BCUT2D eigenvalue weighted by Crippen LogP contribution is 2.23. The first-order valence-corrected chi connectivity index (χ1v) is 7.58. The molecule has 5 heteroatoms. The van der Waals surface area contributed by atoms with E-state index in [4.69, 9.17) is 17.3 Å². The van der Waals surface area contributed by atoms with E-state index < -0.39 is 0 Å². The molecule has 0 saturated carbocycles. The van der Waals surface area contributed by atoms with Crippen LogP contribution in [0.4, 0.5) is 0 Å². The van der Waals surface area contributed by atoms with Crippen LogP contribution in [-0.4, -0.2) is 34.1 Å². The Bertz CT molecular complexity index is 573. The molecule has 1 aromatic heterocycles. The number of benzene rings is 1. The van der Waals surface area contributed by atoms with E-state index >= 15 is 0 Å². The molecule has 2 aromatic rings. The van der Waals surface area contributed by atoms with Crippen LogP contribution in [0.1, 0.15) is 32.6 Å². The summed E-state index contributed by atoms with van der Waals surface area (Å²) in [5.41, 5.74) is 8.08. The highest BCUT2D eigenvalue weighted by atomic mass is 35.5. The van der Waals surface area contributed by atoms with Gasteiger partial charge in [-0.15, -0.1) is 0 Å². The lowest BCUT2D eigenvalue weighted by molar-refractivity contribution is 0.290. The lowest BCUT2D eigenvalue weighted by Gasteiger charge is -2.20. The first-order valence-electron chi connectivity index (χ1n) is 7.20. The van der Waals surface area contributed by atoms with Crippen LogP contribution in [0, 0.1) is 0 Å². The topological polar surface area (TPSA) is 47.1 Å². The van der Waals surface area contributed by atoms with Crippen molar-refractivity contribution in [3.05, 3.63) is 29.0 Å². The average molecular weight is 295 g/mol. The van der Waals surface area contributed by atoms with Crippen LogP contribution >= 0.6 is 11.6 Å². The third-order valence-electron chi connectivity index (χ3n) is 3.68. The molecule has 4 nitrogen and oxygen atoms in total. The van der Waals surface area contributed by atoms with Gasteiger partial charge in [0.15, 0.2) is 0 Å². The minimum Gasteiger partial charge on any atom is -0.325 e. The highest BCUT2D eigenvalue weighted by Gasteiger charge is 2.14. The van der Waals surface area contributed by atoms with Crippen LogP contribution in [0.25, 0.3) is 11.0 Å². The molecule has 0 aliphatic rings.